The van der Waals surface area contributed by atoms with Crippen molar-refractivity contribution in [1.29, 1.82) is 0 Å². The second-order valence-corrected chi connectivity index (χ2v) is 7.31. The lowest BCUT2D eigenvalue weighted by Crippen LogP contribution is -2.74. The summed E-state index contributed by atoms with van der Waals surface area (Å²) in [5.74, 6) is -56.7. The maximum absolute atomic E-state index is 13.7. The molecule has 0 spiro atoms. The van der Waals surface area contributed by atoms with E-state index >= 15 is 0 Å². The summed E-state index contributed by atoms with van der Waals surface area (Å²) < 4.78 is 223. The first-order chi connectivity index (χ1) is 15.7. The maximum Gasteiger partial charge on any atom is 0.460 e. The Balaban J connectivity index is 5.81. The Labute approximate surface area is 190 Å². The molecule has 214 valence electrons. The number of carbonyl (C=O) groups is 1. The molecule has 0 radical (unpaired) electrons. The van der Waals surface area contributed by atoms with Crippen molar-refractivity contribution in [3.8, 4) is 0 Å². The van der Waals surface area contributed by atoms with Crippen LogP contribution in [-0.2, 0) is 4.79 Å². The molecule has 0 atom stereocenters. The van der Waals surface area contributed by atoms with E-state index in [1.807, 2.05) is 0 Å². The molecule has 0 saturated carbocycles. The molecule has 0 fully saturated rings. The maximum atomic E-state index is 13.7. The van der Waals surface area contributed by atoms with Gasteiger partial charge in [-0.25, -0.2) is 0 Å². The van der Waals surface area contributed by atoms with Gasteiger partial charge in [-0.05, 0) is 18.9 Å². The third-order valence-electron chi connectivity index (χ3n) is 4.69. The van der Waals surface area contributed by atoms with Crippen LogP contribution < -0.4 is 5.32 Å². The van der Waals surface area contributed by atoms with Gasteiger partial charge in [0.05, 0.1) is 0 Å². The minimum Gasteiger partial charge on any atom is -0.353 e. The van der Waals surface area contributed by atoms with Gasteiger partial charge >= 0.3 is 47.6 Å². The van der Waals surface area contributed by atoms with Gasteiger partial charge in [0, 0.05) is 13.0 Å². The van der Waals surface area contributed by atoms with Crippen molar-refractivity contribution in [2.24, 2.45) is 0 Å². The minimum absolute atomic E-state index is 0.00943. The molecule has 0 aromatic carbocycles. The molecule has 36 heavy (non-hydrogen) atoms. The van der Waals surface area contributed by atoms with Gasteiger partial charge in [0.1, 0.15) is 0 Å². The van der Waals surface area contributed by atoms with E-state index in [-0.39, 0.29) is 19.4 Å². The van der Waals surface area contributed by atoms with E-state index in [1.165, 1.54) is 0 Å². The zero-order valence-electron chi connectivity index (χ0n) is 17.4. The summed E-state index contributed by atoms with van der Waals surface area (Å²) in [4.78, 5) is 10.8. The van der Waals surface area contributed by atoms with Crippen molar-refractivity contribution >= 4 is 5.91 Å². The van der Waals surface area contributed by atoms with Crippen LogP contribution in [0.1, 0.15) is 32.1 Å². The van der Waals surface area contributed by atoms with Gasteiger partial charge in [-0.1, -0.05) is 19.4 Å². The highest BCUT2D eigenvalue weighted by Crippen LogP contribution is 2.64. The number of halogens is 17. The molecule has 1 amide bonds. The average Bonchev–Trinajstić information content (AvgIpc) is 2.70. The van der Waals surface area contributed by atoms with Crippen LogP contribution >= 0.6 is 0 Å². The largest absolute Gasteiger partial charge is 0.460 e. The van der Waals surface area contributed by atoms with Gasteiger partial charge in [0.25, 0.3) is 0 Å². The summed E-state index contributed by atoms with van der Waals surface area (Å²) in [6.07, 6.45) is -11.3. The van der Waals surface area contributed by atoms with Crippen LogP contribution in [0.15, 0.2) is 12.7 Å². The van der Waals surface area contributed by atoms with Crippen molar-refractivity contribution in [2.45, 2.75) is 79.7 Å². The van der Waals surface area contributed by atoms with Gasteiger partial charge in [0.2, 0.25) is 5.91 Å². The first kappa shape index (κ1) is 34.0. The molecule has 0 aliphatic rings. The normalized spacial score (nSPS) is 15.1. The van der Waals surface area contributed by atoms with Gasteiger partial charge < -0.3 is 5.32 Å². The van der Waals surface area contributed by atoms with Crippen LogP contribution in [0.2, 0.25) is 0 Å². The molecule has 0 aliphatic heterocycles. The molecule has 0 aromatic heterocycles. The minimum atomic E-state index is -8.61. The lowest BCUT2D eigenvalue weighted by molar-refractivity contribution is -0.461. The van der Waals surface area contributed by atoms with Crippen molar-refractivity contribution in [2.75, 3.05) is 6.54 Å². The molecule has 0 saturated heterocycles. The fourth-order valence-corrected chi connectivity index (χ4v) is 2.46. The van der Waals surface area contributed by atoms with Crippen LogP contribution in [-0.4, -0.2) is 60.1 Å². The van der Waals surface area contributed by atoms with Crippen LogP contribution in [0, 0.1) is 0 Å². The topological polar surface area (TPSA) is 29.1 Å². The first-order valence-corrected chi connectivity index (χ1v) is 9.32. The van der Waals surface area contributed by atoms with Crippen molar-refractivity contribution < 1.29 is 79.4 Å². The summed E-state index contributed by atoms with van der Waals surface area (Å²) in [6, 6.07) is 0. The Kier molecular flexibility index (Phi) is 9.84. The molecular weight excluding hydrogens is 557 g/mol. The van der Waals surface area contributed by atoms with E-state index in [4.69, 9.17) is 0 Å². The van der Waals surface area contributed by atoms with E-state index < -0.39 is 72.8 Å². The highest BCUT2D eigenvalue weighted by atomic mass is 19.4. The average molecular weight is 573 g/mol. The monoisotopic (exact) mass is 573 g/mol. The number of carbonyl (C=O) groups excluding carboxylic acids is 1. The molecule has 0 unspecified atom stereocenters. The number of unbranched alkanes of at least 4 members (excludes halogenated alkanes) is 3. The number of alkyl halides is 17. The molecule has 0 heterocycles. The van der Waals surface area contributed by atoms with E-state index in [0.29, 0.717) is 0 Å². The molecule has 0 aliphatic carbocycles. The Hall–Kier alpha value is -1.98. The van der Waals surface area contributed by atoms with E-state index in [1.54, 1.807) is 0 Å². The Bertz CT molecular complexity index is 772. The highest BCUT2D eigenvalue weighted by Gasteiger charge is 2.95. The predicted molar refractivity (Wildman–Crippen MR) is 87.0 cm³/mol. The van der Waals surface area contributed by atoms with Crippen LogP contribution in [0.5, 0.6) is 0 Å². The molecule has 19 heteroatoms. The summed E-state index contributed by atoms with van der Waals surface area (Å²) in [7, 11) is 0. The molecular formula is C17H16F17NO. The third kappa shape index (κ3) is 5.62. The standard InChI is InChI=1S/C17H16F17NO/c1-2-9(36)35-8-6-4-3-5-7-10(18,19)11(20,21)12(22,23)13(24,25)14(26,27)15(28,29)16(30,31)17(32,33)34/h2H,1,3-8H2,(H,35,36). The number of nitrogens with one attached hydrogen (secondary N) is 1. The van der Waals surface area contributed by atoms with E-state index in [0.717, 1.165) is 6.08 Å². The van der Waals surface area contributed by atoms with Gasteiger partial charge in [-0.2, -0.15) is 74.6 Å². The van der Waals surface area contributed by atoms with Gasteiger partial charge in [-0.15, -0.1) is 0 Å². The van der Waals surface area contributed by atoms with Crippen LogP contribution in [0.3, 0.4) is 0 Å². The number of rotatable bonds is 14. The van der Waals surface area contributed by atoms with E-state index in [9.17, 15) is 79.4 Å². The molecule has 0 aromatic rings. The lowest BCUT2D eigenvalue weighted by Gasteiger charge is -2.42. The SMILES string of the molecule is C=CC(=O)NCCCCCCC(F)(F)C(F)(F)C(F)(F)C(F)(F)C(F)(F)C(F)(F)C(F)(F)C(F)(F)F. The summed E-state index contributed by atoms with van der Waals surface area (Å²) in [6.45, 7) is 2.97. The fourth-order valence-electron chi connectivity index (χ4n) is 2.46. The number of hydrogen-bond acceptors (Lipinski definition) is 1. The van der Waals surface area contributed by atoms with E-state index in [2.05, 4.69) is 11.9 Å². The molecule has 1 N–H and O–H groups in total. The van der Waals surface area contributed by atoms with Crippen LogP contribution in [0.4, 0.5) is 74.6 Å². The summed E-state index contributed by atoms with van der Waals surface area (Å²) >= 11 is 0. The summed E-state index contributed by atoms with van der Waals surface area (Å²) in [5, 5.41) is 2.18. The first-order valence-electron chi connectivity index (χ1n) is 9.32. The van der Waals surface area contributed by atoms with Crippen molar-refractivity contribution in [3.05, 3.63) is 12.7 Å². The smallest absolute Gasteiger partial charge is 0.353 e. The quantitative estimate of drug-likeness (QED) is 0.133. The fraction of sp³-hybridized carbons (Fsp3) is 0.824. The highest BCUT2D eigenvalue weighted by molar-refractivity contribution is 5.86. The van der Waals surface area contributed by atoms with Gasteiger partial charge in [-0.3, -0.25) is 4.79 Å². The second kappa shape index (κ2) is 10.4. The lowest BCUT2D eigenvalue weighted by atomic mass is 9.88. The van der Waals surface area contributed by atoms with Crippen molar-refractivity contribution in [3.63, 3.8) is 0 Å². The second-order valence-electron chi connectivity index (χ2n) is 7.31. The van der Waals surface area contributed by atoms with Crippen molar-refractivity contribution in [1.82, 2.24) is 5.32 Å². The summed E-state index contributed by atoms with van der Waals surface area (Å²) in [5.41, 5.74) is 0. The van der Waals surface area contributed by atoms with Gasteiger partial charge in [0.15, 0.2) is 0 Å². The van der Waals surface area contributed by atoms with Crippen LogP contribution in [0.25, 0.3) is 0 Å². The Morgan fingerprint density at radius 1 is 0.556 bits per heavy atom. The zero-order chi connectivity index (χ0) is 29.2. The predicted octanol–water partition coefficient (Wildman–Crippen LogP) is 7.25. The Morgan fingerprint density at radius 2 is 0.917 bits per heavy atom. The Morgan fingerprint density at radius 3 is 1.31 bits per heavy atom. The zero-order valence-corrected chi connectivity index (χ0v) is 17.4. The molecule has 0 rings (SSSR count). The number of hydrogen-bond donors (Lipinski definition) is 1. The number of amides is 1. The molecule has 0 bridgehead atoms. The molecule has 2 nitrogen and oxygen atoms in total. The third-order valence-corrected chi connectivity index (χ3v) is 4.69.